The van der Waals surface area contributed by atoms with Gasteiger partial charge >= 0.3 is 0 Å². The van der Waals surface area contributed by atoms with Crippen LogP contribution in [0.2, 0.25) is 0 Å². The molecule has 1 heterocycles. The molecule has 1 aromatic rings. The maximum absolute atomic E-state index is 12.4. The topological polar surface area (TPSA) is 64.0 Å². The van der Waals surface area contributed by atoms with Crippen LogP contribution in [-0.4, -0.2) is 53.4 Å². The van der Waals surface area contributed by atoms with Crippen molar-refractivity contribution in [2.24, 2.45) is 17.3 Å². The first-order chi connectivity index (χ1) is 18.4. The lowest BCUT2D eigenvalue weighted by atomic mass is 9.50. The highest BCUT2D eigenvalue weighted by molar-refractivity contribution is 5.93. The zero-order valence-corrected chi connectivity index (χ0v) is 23.4. The fraction of sp³-hybridized carbons (Fsp3) is 0.667. The summed E-state index contributed by atoms with van der Waals surface area (Å²) in [6.45, 7) is 4.91. The Kier molecular flexibility index (Phi) is 7.07. The quantitative estimate of drug-likeness (QED) is 0.426. The van der Waals surface area contributed by atoms with E-state index in [4.69, 9.17) is 0 Å². The molecule has 2 saturated carbocycles. The van der Waals surface area contributed by atoms with Crippen molar-refractivity contribution in [3.05, 3.63) is 52.6 Å². The SMILES string of the molecule is CN(O)C1(CCCO)CC[C@H]2[C@@H]3CCC4=CC(=O)CCC4=C3C(c3ccc(N4CCCCC4)cc3)C[C@@]21C. The minimum Gasteiger partial charge on any atom is -0.396 e. The van der Waals surface area contributed by atoms with Crippen molar-refractivity contribution >= 4 is 11.5 Å². The number of rotatable bonds is 6. The standard InChI is InChI=1S/C33H46N2O3/c1-32-22-29(23-7-10-25(11-8-23)35-18-4-3-5-19-35)31-27-14-12-26(37)21-24(27)9-13-28(31)30(32)15-17-33(32,34(2)38)16-6-20-36/h7-8,10-11,21,28-30,36,38H,3-6,9,12-20,22H2,1-2H3/t28-,29?,30-,32-,33?/m0/s1. The summed E-state index contributed by atoms with van der Waals surface area (Å²) in [5, 5.41) is 22.5. The first kappa shape index (κ1) is 26.3. The van der Waals surface area contributed by atoms with Gasteiger partial charge in [-0.3, -0.25) is 4.79 Å². The summed E-state index contributed by atoms with van der Waals surface area (Å²) in [7, 11) is 1.84. The summed E-state index contributed by atoms with van der Waals surface area (Å²) >= 11 is 0. The Balaban J connectivity index is 1.44. The molecule has 0 radical (unpaired) electrons. The molecule has 1 saturated heterocycles. The van der Waals surface area contributed by atoms with Crippen LogP contribution in [0.25, 0.3) is 0 Å². The Bertz CT molecular complexity index is 1120. The van der Waals surface area contributed by atoms with Crippen molar-refractivity contribution in [1.82, 2.24) is 5.06 Å². The van der Waals surface area contributed by atoms with Crippen molar-refractivity contribution in [3.63, 3.8) is 0 Å². The molecule has 0 bridgehead atoms. The maximum atomic E-state index is 12.4. The van der Waals surface area contributed by atoms with Crippen LogP contribution in [0.15, 0.2) is 47.1 Å². The second-order valence-electron chi connectivity index (χ2n) is 13.1. The summed E-state index contributed by atoms with van der Waals surface area (Å²) in [6, 6.07) is 9.43. The van der Waals surface area contributed by atoms with Gasteiger partial charge in [-0.1, -0.05) is 24.6 Å². The fourth-order valence-electron chi connectivity index (χ4n) is 9.60. The summed E-state index contributed by atoms with van der Waals surface area (Å²) < 4.78 is 0. The average molecular weight is 519 g/mol. The van der Waals surface area contributed by atoms with Gasteiger partial charge < -0.3 is 15.2 Å². The number of hydrogen-bond acceptors (Lipinski definition) is 5. The molecule has 5 nitrogen and oxygen atoms in total. The number of hydroxylamine groups is 2. The van der Waals surface area contributed by atoms with Gasteiger partial charge in [-0.05, 0) is 123 Å². The van der Waals surface area contributed by atoms with Gasteiger partial charge in [-0.15, -0.1) is 0 Å². The molecule has 0 aromatic heterocycles. The third kappa shape index (κ3) is 4.12. The highest BCUT2D eigenvalue weighted by atomic mass is 16.5. The van der Waals surface area contributed by atoms with Gasteiger partial charge in [0.05, 0.1) is 5.54 Å². The molecule has 1 aliphatic heterocycles. The molecule has 0 amide bonds. The van der Waals surface area contributed by atoms with Crippen molar-refractivity contribution in [3.8, 4) is 0 Å². The van der Waals surface area contributed by atoms with Crippen LogP contribution < -0.4 is 4.90 Å². The number of ketones is 1. The predicted octanol–water partition coefficient (Wildman–Crippen LogP) is 6.41. The molecule has 0 spiro atoms. The molecule has 1 aromatic carbocycles. The Hall–Kier alpha value is -1.95. The van der Waals surface area contributed by atoms with Crippen LogP contribution in [0.4, 0.5) is 5.69 Å². The Labute approximate surface area is 228 Å². The van der Waals surface area contributed by atoms with Gasteiger partial charge in [0.15, 0.2) is 5.78 Å². The number of anilines is 1. The Morgan fingerprint density at radius 3 is 2.53 bits per heavy atom. The molecule has 4 aliphatic carbocycles. The summed E-state index contributed by atoms with van der Waals surface area (Å²) in [5.41, 5.74) is 6.75. The van der Waals surface area contributed by atoms with Gasteiger partial charge in [0.25, 0.3) is 0 Å². The van der Waals surface area contributed by atoms with E-state index >= 15 is 0 Å². The number of benzene rings is 1. The van der Waals surface area contributed by atoms with E-state index in [1.165, 1.54) is 46.7 Å². The average Bonchev–Trinajstić information content (AvgIpc) is 3.24. The summed E-state index contributed by atoms with van der Waals surface area (Å²) in [5.74, 6) is 1.60. The van der Waals surface area contributed by atoms with E-state index in [0.717, 1.165) is 64.5 Å². The number of piperidine rings is 1. The highest BCUT2D eigenvalue weighted by Gasteiger charge is 2.64. The highest BCUT2D eigenvalue weighted by Crippen LogP contribution is 2.68. The molecular weight excluding hydrogens is 472 g/mol. The van der Waals surface area contributed by atoms with Gasteiger partial charge in [0.1, 0.15) is 0 Å². The van der Waals surface area contributed by atoms with E-state index in [1.54, 1.807) is 5.57 Å². The van der Waals surface area contributed by atoms with Crippen LogP contribution in [0.3, 0.4) is 0 Å². The lowest BCUT2D eigenvalue weighted by Crippen LogP contribution is -2.58. The van der Waals surface area contributed by atoms with Crippen LogP contribution >= 0.6 is 0 Å². The van der Waals surface area contributed by atoms with Crippen molar-refractivity contribution < 1.29 is 15.1 Å². The smallest absolute Gasteiger partial charge is 0.156 e. The van der Waals surface area contributed by atoms with Gasteiger partial charge in [0.2, 0.25) is 0 Å². The third-order valence-electron chi connectivity index (χ3n) is 11.4. The van der Waals surface area contributed by atoms with E-state index in [1.807, 2.05) is 13.1 Å². The number of aliphatic hydroxyl groups is 1. The second-order valence-corrected chi connectivity index (χ2v) is 13.1. The molecular formula is C33H46N2O3. The number of allylic oxidation sites excluding steroid dienone is 4. The molecule has 5 aliphatic rings. The van der Waals surface area contributed by atoms with E-state index in [-0.39, 0.29) is 23.3 Å². The Morgan fingerprint density at radius 2 is 1.82 bits per heavy atom. The number of carbonyl (C=O) groups excluding carboxylic acids is 1. The molecule has 5 atom stereocenters. The van der Waals surface area contributed by atoms with Crippen molar-refractivity contribution in [2.75, 3.05) is 31.6 Å². The molecule has 3 fully saturated rings. The first-order valence-corrected chi connectivity index (χ1v) is 15.2. The zero-order chi connectivity index (χ0) is 26.5. The number of carbonyl (C=O) groups is 1. The lowest BCUT2D eigenvalue weighted by Gasteiger charge is -2.57. The zero-order valence-electron chi connectivity index (χ0n) is 23.4. The van der Waals surface area contributed by atoms with Crippen LogP contribution in [0.5, 0.6) is 0 Å². The molecule has 206 valence electrons. The number of nitrogens with zero attached hydrogens (tertiary/aromatic N) is 2. The minimum atomic E-state index is -0.318. The van der Waals surface area contributed by atoms with Crippen LogP contribution in [-0.2, 0) is 4.79 Å². The van der Waals surface area contributed by atoms with Crippen LogP contribution in [0.1, 0.15) is 95.5 Å². The normalized spacial score (nSPS) is 35.2. The second kappa shape index (κ2) is 10.2. The molecule has 38 heavy (non-hydrogen) atoms. The van der Waals surface area contributed by atoms with E-state index in [2.05, 4.69) is 36.1 Å². The van der Waals surface area contributed by atoms with Crippen LogP contribution in [0, 0.1) is 17.3 Å². The number of aliphatic hydroxyl groups excluding tert-OH is 1. The van der Waals surface area contributed by atoms with Crippen molar-refractivity contribution in [1.29, 1.82) is 0 Å². The van der Waals surface area contributed by atoms with Gasteiger partial charge in [0, 0.05) is 44.8 Å². The fourth-order valence-corrected chi connectivity index (χ4v) is 9.60. The molecule has 5 heteroatoms. The number of fused-ring (bicyclic) bond motifs is 4. The van der Waals surface area contributed by atoms with E-state index in [9.17, 15) is 15.1 Å². The summed E-state index contributed by atoms with van der Waals surface area (Å²) in [4.78, 5) is 14.9. The Morgan fingerprint density at radius 1 is 1.05 bits per heavy atom. The van der Waals surface area contributed by atoms with E-state index in [0.29, 0.717) is 24.2 Å². The summed E-state index contributed by atoms with van der Waals surface area (Å²) in [6.07, 6.45) is 14.1. The van der Waals surface area contributed by atoms with Gasteiger partial charge in [-0.25, -0.2) is 0 Å². The van der Waals surface area contributed by atoms with Gasteiger partial charge in [-0.2, -0.15) is 5.06 Å². The third-order valence-corrected chi connectivity index (χ3v) is 11.4. The largest absolute Gasteiger partial charge is 0.396 e. The first-order valence-electron chi connectivity index (χ1n) is 15.2. The molecule has 2 N–H and O–H groups in total. The van der Waals surface area contributed by atoms with E-state index < -0.39 is 0 Å². The van der Waals surface area contributed by atoms with Crippen molar-refractivity contribution in [2.45, 2.75) is 95.4 Å². The monoisotopic (exact) mass is 518 g/mol. The lowest BCUT2D eigenvalue weighted by molar-refractivity contribution is -0.204. The predicted molar refractivity (Wildman–Crippen MR) is 151 cm³/mol. The maximum Gasteiger partial charge on any atom is 0.156 e. The minimum absolute atomic E-state index is 0.0533. The number of hydrogen-bond donors (Lipinski definition) is 2. The molecule has 6 rings (SSSR count). The molecule has 2 unspecified atom stereocenters.